The van der Waals surface area contributed by atoms with Gasteiger partial charge in [-0.25, -0.2) is 0 Å². The lowest BCUT2D eigenvalue weighted by Crippen LogP contribution is -2.16. The molecule has 21 heavy (non-hydrogen) atoms. The maximum absolute atomic E-state index is 6.04. The van der Waals surface area contributed by atoms with Gasteiger partial charge in [0.1, 0.15) is 5.75 Å². The van der Waals surface area contributed by atoms with Gasteiger partial charge in [-0.1, -0.05) is 39.7 Å². The molecule has 0 aliphatic heterocycles. The van der Waals surface area contributed by atoms with Crippen molar-refractivity contribution in [2.75, 3.05) is 13.7 Å². The first-order valence-corrected chi connectivity index (χ1v) is 7.94. The lowest BCUT2D eigenvalue weighted by Gasteiger charge is -2.20. The van der Waals surface area contributed by atoms with Crippen LogP contribution in [0.3, 0.4) is 0 Å². The Balaban J connectivity index is 2.33. The van der Waals surface area contributed by atoms with Gasteiger partial charge in [0.05, 0.1) is 7.11 Å². The normalized spacial score (nSPS) is 12.2. The van der Waals surface area contributed by atoms with E-state index in [0.717, 1.165) is 16.6 Å². The molecule has 0 aliphatic carbocycles. The molecule has 0 amide bonds. The Morgan fingerprint density at radius 1 is 1.14 bits per heavy atom. The summed E-state index contributed by atoms with van der Waals surface area (Å²) in [6.45, 7) is 4.90. The Labute approximate surface area is 135 Å². The summed E-state index contributed by atoms with van der Waals surface area (Å²) in [4.78, 5) is 0. The summed E-state index contributed by atoms with van der Waals surface area (Å²) in [5.41, 5.74) is 11.1. The zero-order valence-electron chi connectivity index (χ0n) is 12.8. The summed E-state index contributed by atoms with van der Waals surface area (Å²) < 4.78 is 6.53. The van der Waals surface area contributed by atoms with Crippen molar-refractivity contribution in [3.8, 4) is 5.75 Å². The van der Waals surface area contributed by atoms with Gasteiger partial charge in [-0.05, 0) is 61.7 Å². The van der Waals surface area contributed by atoms with Gasteiger partial charge in [0, 0.05) is 10.4 Å². The number of benzene rings is 2. The SMILES string of the molecule is COc1ccc(Br)cc1CC(CN)c1ccc(C)cc1C. The molecule has 0 aromatic heterocycles. The third kappa shape index (κ3) is 3.86. The lowest BCUT2D eigenvalue weighted by atomic mass is 9.88. The number of methoxy groups -OCH3 is 1. The van der Waals surface area contributed by atoms with Crippen molar-refractivity contribution < 1.29 is 4.74 Å². The summed E-state index contributed by atoms with van der Waals surface area (Å²) in [5.74, 6) is 1.22. The second-order valence-corrected chi connectivity index (χ2v) is 6.37. The van der Waals surface area contributed by atoms with E-state index in [0.29, 0.717) is 12.5 Å². The Morgan fingerprint density at radius 2 is 1.90 bits per heavy atom. The van der Waals surface area contributed by atoms with Gasteiger partial charge in [-0.2, -0.15) is 0 Å². The highest BCUT2D eigenvalue weighted by Gasteiger charge is 2.16. The summed E-state index contributed by atoms with van der Waals surface area (Å²) in [6.07, 6.45) is 0.878. The molecular weight excluding hydrogens is 326 g/mol. The van der Waals surface area contributed by atoms with Gasteiger partial charge in [-0.15, -0.1) is 0 Å². The highest BCUT2D eigenvalue weighted by Crippen LogP contribution is 2.30. The van der Waals surface area contributed by atoms with Crippen LogP contribution < -0.4 is 10.5 Å². The Morgan fingerprint density at radius 3 is 2.52 bits per heavy atom. The Hall–Kier alpha value is -1.32. The molecule has 0 aliphatic rings. The molecule has 0 spiro atoms. The van der Waals surface area contributed by atoms with Crippen LogP contribution in [0.1, 0.15) is 28.2 Å². The third-order valence-electron chi connectivity index (χ3n) is 3.86. The quantitative estimate of drug-likeness (QED) is 0.871. The minimum absolute atomic E-state index is 0.300. The summed E-state index contributed by atoms with van der Waals surface area (Å²) in [7, 11) is 1.71. The molecule has 2 aromatic carbocycles. The highest BCUT2D eigenvalue weighted by atomic mass is 79.9. The zero-order chi connectivity index (χ0) is 15.4. The molecule has 2 N–H and O–H groups in total. The van der Waals surface area contributed by atoms with Crippen LogP contribution in [-0.4, -0.2) is 13.7 Å². The Kier molecular flexibility index (Phi) is 5.43. The topological polar surface area (TPSA) is 35.2 Å². The molecule has 2 aromatic rings. The van der Waals surface area contributed by atoms with Crippen molar-refractivity contribution in [2.45, 2.75) is 26.2 Å². The van der Waals surface area contributed by atoms with Crippen LogP contribution in [0.2, 0.25) is 0 Å². The van der Waals surface area contributed by atoms with Crippen LogP contribution in [0.4, 0.5) is 0 Å². The van der Waals surface area contributed by atoms with Crippen LogP contribution in [0, 0.1) is 13.8 Å². The third-order valence-corrected chi connectivity index (χ3v) is 4.35. The van der Waals surface area contributed by atoms with Crippen molar-refractivity contribution in [3.63, 3.8) is 0 Å². The standard InChI is InChI=1S/C18H22BrNO/c1-12-4-6-17(13(2)8-12)15(11-20)9-14-10-16(19)5-7-18(14)21-3/h4-8,10,15H,9,11,20H2,1-3H3. The molecule has 0 heterocycles. The van der Waals surface area contributed by atoms with Crippen molar-refractivity contribution in [3.05, 3.63) is 63.1 Å². The fraction of sp³-hybridized carbons (Fsp3) is 0.333. The van der Waals surface area contributed by atoms with E-state index in [9.17, 15) is 0 Å². The van der Waals surface area contributed by atoms with Crippen LogP contribution in [0.25, 0.3) is 0 Å². The first-order valence-electron chi connectivity index (χ1n) is 7.14. The number of ether oxygens (including phenoxy) is 1. The van der Waals surface area contributed by atoms with E-state index in [2.05, 4.69) is 54.0 Å². The first kappa shape index (κ1) is 16.1. The first-order chi connectivity index (χ1) is 10.0. The Bertz CT molecular complexity index is 625. The average Bonchev–Trinajstić information content (AvgIpc) is 2.45. The predicted molar refractivity (Wildman–Crippen MR) is 92.1 cm³/mol. The average molecular weight is 348 g/mol. The van der Waals surface area contributed by atoms with E-state index in [1.54, 1.807) is 7.11 Å². The molecular formula is C18H22BrNO. The van der Waals surface area contributed by atoms with E-state index in [4.69, 9.17) is 10.5 Å². The largest absolute Gasteiger partial charge is 0.496 e. The minimum atomic E-state index is 0.300. The van der Waals surface area contributed by atoms with E-state index in [1.165, 1.54) is 22.3 Å². The number of halogens is 1. The van der Waals surface area contributed by atoms with Gasteiger partial charge in [-0.3, -0.25) is 0 Å². The smallest absolute Gasteiger partial charge is 0.122 e. The van der Waals surface area contributed by atoms with Crippen LogP contribution >= 0.6 is 15.9 Å². The zero-order valence-corrected chi connectivity index (χ0v) is 14.4. The van der Waals surface area contributed by atoms with Crippen molar-refractivity contribution in [2.24, 2.45) is 5.73 Å². The van der Waals surface area contributed by atoms with E-state index in [-0.39, 0.29) is 0 Å². The summed E-state index contributed by atoms with van der Waals surface area (Å²) in [6, 6.07) is 12.7. The van der Waals surface area contributed by atoms with Gasteiger partial charge in [0.2, 0.25) is 0 Å². The molecule has 0 fully saturated rings. The monoisotopic (exact) mass is 347 g/mol. The summed E-state index contributed by atoms with van der Waals surface area (Å²) >= 11 is 3.53. The molecule has 3 heteroatoms. The predicted octanol–water partition coefficient (Wildman–Crippen LogP) is 4.36. The van der Waals surface area contributed by atoms with E-state index < -0.39 is 0 Å². The number of nitrogens with two attached hydrogens (primary N) is 1. The maximum atomic E-state index is 6.04. The molecule has 1 atom stereocenters. The summed E-state index contributed by atoms with van der Waals surface area (Å²) in [5, 5.41) is 0. The number of hydrogen-bond donors (Lipinski definition) is 1. The van der Waals surface area contributed by atoms with Gasteiger partial charge in [0.15, 0.2) is 0 Å². The van der Waals surface area contributed by atoms with Gasteiger partial charge < -0.3 is 10.5 Å². The van der Waals surface area contributed by atoms with Crippen molar-refractivity contribution in [1.29, 1.82) is 0 Å². The molecule has 112 valence electrons. The number of aryl methyl sites for hydroxylation is 2. The molecule has 0 radical (unpaired) electrons. The fourth-order valence-corrected chi connectivity index (χ4v) is 3.18. The molecule has 1 unspecified atom stereocenters. The second kappa shape index (κ2) is 7.10. The molecule has 0 saturated heterocycles. The van der Waals surface area contributed by atoms with E-state index >= 15 is 0 Å². The maximum Gasteiger partial charge on any atom is 0.122 e. The van der Waals surface area contributed by atoms with Crippen LogP contribution in [0.5, 0.6) is 5.75 Å². The van der Waals surface area contributed by atoms with Gasteiger partial charge in [0.25, 0.3) is 0 Å². The van der Waals surface area contributed by atoms with Crippen molar-refractivity contribution >= 4 is 15.9 Å². The lowest BCUT2D eigenvalue weighted by molar-refractivity contribution is 0.408. The molecule has 2 nitrogen and oxygen atoms in total. The molecule has 0 bridgehead atoms. The molecule has 0 saturated carbocycles. The van der Waals surface area contributed by atoms with E-state index in [1.807, 2.05) is 12.1 Å². The highest BCUT2D eigenvalue weighted by molar-refractivity contribution is 9.10. The fourth-order valence-electron chi connectivity index (χ4n) is 2.78. The van der Waals surface area contributed by atoms with Crippen LogP contribution in [0.15, 0.2) is 40.9 Å². The van der Waals surface area contributed by atoms with Gasteiger partial charge >= 0.3 is 0 Å². The number of hydrogen-bond acceptors (Lipinski definition) is 2. The van der Waals surface area contributed by atoms with Crippen LogP contribution in [-0.2, 0) is 6.42 Å². The second-order valence-electron chi connectivity index (χ2n) is 5.45. The minimum Gasteiger partial charge on any atom is -0.496 e. The molecule has 2 rings (SSSR count). The number of rotatable bonds is 5. The van der Waals surface area contributed by atoms with Crippen molar-refractivity contribution in [1.82, 2.24) is 0 Å².